The molecule has 1 aromatic rings. The maximum Gasteiger partial charge on any atom is 0.225 e. The molecular weight excluding hydrogens is 350 g/mol. The van der Waals surface area contributed by atoms with Gasteiger partial charge in [0.2, 0.25) is 5.95 Å². The average molecular weight is 392 g/mol. The summed E-state index contributed by atoms with van der Waals surface area (Å²) in [4.78, 5) is 14.0. The normalized spacial score (nSPS) is 16.5. The summed E-state index contributed by atoms with van der Waals surface area (Å²) in [5.41, 5.74) is 1.24. The first-order valence-electron chi connectivity index (χ1n) is 11.3. The van der Waals surface area contributed by atoms with Gasteiger partial charge < -0.3 is 15.0 Å². The highest BCUT2D eigenvalue weighted by atomic mass is 16.5. The fourth-order valence-corrected chi connectivity index (χ4v) is 3.37. The Bertz CT molecular complexity index is 502. The second kappa shape index (κ2) is 13.9. The molecule has 1 aromatic heterocycles. The molecule has 1 aliphatic rings. The Hall–Kier alpha value is -1.24. The first-order chi connectivity index (χ1) is 13.7. The van der Waals surface area contributed by atoms with Gasteiger partial charge in [0.25, 0.3) is 0 Å². The molecule has 1 N–H and O–H groups in total. The first kappa shape index (κ1) is 23.0. The molecule has 6 heteroatoms. The Kier molecular flexibility index (Phi) is 11.4. The monoisotopic (exact) mass is 391 g/mol. The summed E-state index contributed by atoms with van der Waals surface area (Å²) in [7, 11) is 0. The van der Waals surface area contributed by atoms with Gasteiger partial charge in [-0.15, -0.1) is 0 Å². The highest BCUT2D eigenvalue weighted by Gasteiger charge is 2.18. The molecule has 28 heavy (non-hydrogen) atoms. The molecule has 0 radical (unpaired) electrons. The van der Waals surface area contributed by atoms with Crippen LogP contribution in [0, 0.1) is 0 Å². The molecule has 0 bridgehead atoms. The number of aromatic nitrogens is 2. The van der Waals surface area contributed by atoms with Crippen LogP contribution in [0.25, 0.3) is 0 Å². The van der Waals surface area contributed by atoms with Crippen LogP contribution in [0.1, 0.15) is 64.4 Å². The van der Waals surface area contributed by atoms with Crippen LogP contribution < -0.4 is 10.2 Å². The van der Waals surface area contributed by atoms with E-state index in [4.69, 9.17) is 4.74 Å². The van der Waals surface area contributed by atoms with Crippen LogP contribution in [0.3, 0.4) is 0 Å². The van der Waals surface area contributed by atoms with Crippen molar-refractivity contribution in [3.05, 3.63) is 18.0 Å². The van der Waals surface area contributed by atoms with Crippen LogP contribution in [0.2, 0.25) is 0 Å². The first-order valence-corrected chi connectivity index (χ1v) is 11.3. The number of piperazine rings is 1. The van der Waals surface area contributed by atoms with Crippen molar-refractivity contribution in [2.75, 3.05) is 63.9 Å². The SMILES string of the molecule is CCCCNCCCOCCCN1CCN(c2ncc(C(C)CC)cn2)CC1. The molecule has 1 unspecified atom stereocenters. The second-order valence-electron chi connectivity index (χ2n) is 7.88. The molecule has 0 aliphatic carbocycles. The van der Waals surface area contributed by atoms with Crippen molar-refractivity contribution in [1.82, 2.24) is 20.2 Å². The van der Waals surface area contributed by atoms with Gasteiger partial charge in [-0.2, -0.15) is 0 Å². The van der Waals surface area contributed by atoms with E-state index in [0.717, 1.165) is 84.2 Å². The van der Waals surface area contributed by atoms with E-state index in [1.807, 2.05) is 12.4 Å². The van der Waals surface area contributed by atoms with Crippen molar-refractivity contribution in [3.8, 4) is 0 Å². The molecule has 2 heterocycles. The van der Waals surface area contributed by atoms with Crippen molar-refractivity contribution in [3.63, 3.8) is 0 Å². The highest BCUT2D eigenvalue weighted by Crippen LogP contribution is 2.18. The predicted octanol–water partition coefficient (Wildman–Crippen LogP) is 3.30. The van der Waals surface area contributed by atoms with Crippen LogP contribution in [0.4, 0.5) is 5.95 Å². The van der Waals surface area contributed by atoms with Crippen LogP contribution in [-0.2, 0) is 4.74 Å². The molecular formula is C22H41N5O. The van der Waals surface area contributed by atoms with Crippen molar-refractivity contribution in [2.45, 2.75) is 58.8 Å². The van der Waals surface area contributed by atoms with E-state index in [1.165, 1.54) is 18.4 Å². The van der Waals surface area contributed by atoms with E-state index in [0.29, 0.717) is 5.92 Å². The second-order valence-corrected chi connectivity index (χ2v) is 7.88. The Balaban J connectivity index is 1.52. The average Bonchev–Trinajstić information content (AvgIpc) is 2.75. The molecule has 1 saturated heterocycles. The topological polar surface area (TPSA) is 53.5 Å². The summed E-state index contributed by atoms with van der Waals surface area (Å²) in [5.74, 6) is 1.41. The lowest BCUT2D eigenvalue weighted by Crippen LogP contribution is -2.47. The fourth-order valence-electron chi connectivity index (χ4n) is 3.37. The molecule has 0 amide bonds. The third kappa shape index (κ3) is 8.41. The molecule has 0 aromatic carbocycles. The lowest BCUT2D eigenvalue weighted by atomic mass is 10.0. The summed E-state index contributed by atoms with van der Waals surface area (Å²) >= 11 is 0. The van der Waals surface area contributed by atoms with Crippen LogP contribution in [-0.4, -0.2) is 73.9 Å². The van der Waals surface area contributed by atoms with Crippen molar-refractivity contribution >= 4 is 5.95 Å². The van der Waals surface area contributed by atoms with E-state index in [-0.39, 0.29) is 0 Å². The largest absolute Gasteiger partial charge is 0.381 e. The Morgan fingerprint density at radius 3 is 2.36 bits per heavy atom. The van der Waals surface area contributed by atoms with Crippen LogP contribution in [0.15, 0.2) is 12.4 Å². The third-order valence-electron chi connectivity index (χ3n) is 5.61. The minimum absolute atomic E-state index is 0.533. The van der Waals surface area contributed by atoms with Gasteiger partial charge in [0, 0.05) is 58.3 Å². The molecule has 0 saturated carbocycles. The number of ether oxygens (including phenoxy) is 1. The van der Waals surface area contributed by atoms with Crippen LogP contribution >= 0.6 is 0 Å². The molecule has 1 atom stereocenters. The van der Waals surface area contributed by atoms with Gasteiger partial charge in [0.15, 0.2) is 0 Å². The van der Waals surface area contributed by atoms with Crippen molar-refractivity contribution < 1.29 is 4.74 Å². The number of hydrogen-bond acceptors (Lipinski definition) is 6. The molecule has 6 nitrogen and oxygen atoms in total. The molecule has 1 fully saturated rings. The number of nitrogens with one attached hydrogen (secondary N) is 1. The number of unbranched alkanes of at least 4 members (excludes halogenated alkanes) is 1. The quantitative estimate of drug-likeness (QED) is 0.491. The van der Waals surface area contributed by atoms with Gasteiger partial charge in [-0.1, -0.05) is 27.2 Å². The minimum atomic E-state index is 0.533. The van der Waals surface area contributed by atoms with Gasteiger partial charge in [-0.25, -0.2) is 9.97 Å². The Labute approximate surface area is 172 Å². The van der Waals surface area contributed by atoms with Crippen LogP contribution in [0.5, 0.6) is 0 Å². The van der Waals surface area contributed by atoms with E-state index < -0.39 is 0 Å². The summed E-state index contributed by atoms with van der Waals surface area (Å²) in [6, 6.07) is 0. The van der Waals surface area contributed by atoms with Crippen molar-refractivity contribution in [1.29, 1.82) is 0 Å². The number of nitrogens with zero attached hydrogens (tertiary/aromatic N) is 4. The summed E-state index contributed by atoms with van der Waals surface area (Å²) in [6.45, 7) is 15.9. The number of rotatable bonds is 14. The lowest BCUT2D eigenvalue weighted by molar-refractivity contribution is 0.117. The Morgan fingerprint density at radius 2 is 1.68 bits per heavy atom. The zero-order chi connectivity index (χ0) is 20.0. The molecule has 1 aliphatic heterocycles. The number of anilines is 1. The maximum absolute atomic E-state index is 5.76. The van der Waals surface area contributed by atoms with E-state index in [2.05, 4.69) is 45.9 Å². The molecule has 160 valence electrons. The van der Waals surface area contributed by atoms with Gasteiger partial charge in [-0.05, 0) is 50.3 Å². The third-order valence-corrected chi connectivity index (χ3v) is 5.61. The Morgan fingerprint density at radius 1 is 1.00 bits per heavy atom. The van der Waals surface area contributed by atoms with E-state index in [9.17, 15) is 0 Å². The highest BCUT2D eigenvalue weighted by molar-refractivity contribution is 5.31. The van der Waals surface area contributed by atoms with Gasteiger partial charge >= 0.3 is 0 Å². The van der Waals surface area contributed by atoms with Gasteiger partial charge in [-0.3, -0.25) is 4.90 Å². The molecule has 2 rings (SSSR count). The lowest BCUT2D eigenvalue weighted by Gasteiger charge is -2.34. The smallest absolute Gasteiger partial charge is 0.225 e. The maximum atomic E-state index is 5.76. The fraction of sp³-hybridized carbons (Fsp3) is 0.818. The van der Waals surface area contributed by atoms with E-state index in [1.54, 1.807) is 0 Å². The van der Waals surface area contributed by atoms with Gasteiger partial charge in [0.1, 0.15) is 0 Å². The summed E-state index contributed by atoms with van der Waals surface area (Å²) in [6.07, 6.45) is 9.88. The van der Waals surface area contributed by atoms with E-state index >= 15 is 0 Å². The summed E-state index contributed by atoms with van der Waals surface area (Å²) in [5, 5.41) is 3.45. The standard InChI is InChI=1S/C22H41N5O/c1-4-6-9-23-10-7-16-28-17-8-11-26-12-14-27(15-13-26)22-24-18-21(19-25-22)20(3)5-2/h18-20,23H,4-17H2,1-3H3. The predicted molar refractivity (Wildman–Crippen MR) is 117 cm³/mol. The molecule has 0 spiro atoms. The summed E-state index contributed by atoms with van der Waals surface area (Å²) < 4.78 is 5.76. The minimum Gasteiger partial charge on any atom is -0.381 e. The number of hydrogen-bond donors (Lipinski definition) is 1. The zero-order valence-corrected chi connectivity index (χ0v) is 18.3. The van der Waals surface area contributed by atoms with Gasteiger partial charge in [0.05, 0.1) is 0 Å². The zero-order valence-electron chi connectivity index (χ0n) is 18.3. The van der Waals surface area contributed by atoms with Crippen molar-refractivity contribution in [2.24, 2.45) is 0 Å².